The summed E-state index contributed by atoms with van der Waals surface area (Å²) in [5.74, 6) is 0.534. The van der Waals surface area contributed by atoms with Crippen LogP contribution in [0.2, 0.25) is 0 Å². The standard InChI is InChI=1S/C13H11Cl/c1-2-10-7-11-5-3-4-6-12(11)8-13(10)9-14/h2-8H,1,9H2. The Morgan fingerprint density at radius 3 is 2.36 bits per heavy atom. The number of hydrogen-bond acceptors (Lipinski definition) is 0. The van der Waals surface area contributed by atoms with Gasteiger partial charge in [-0.05, 0) is 34.0 Å². The summed E-state index contributed by atoms with van der Waals surface area (Å²) >= 11 is 5.86. The highest BCUT2D eigenvalue weighted by Gasteiger charge is 2.00. The Morgan fingerprint density at radius 2 is 1.79 bits per heavy atom. The maximum atomic E-state index is 5.86. The van der Waals surface area contributed by atoms with Crippen molar-refractivity contribution >= 4 is 28.4 Å². The van der Waals surface area contributed by atoms with Gasteiger partial charge in [-0.15, -0.1) is 11.6 Å². The molecule has 0 aromatic heterocycles. The molecule has 14 heavy (non-hydrogen) atoms. The van der Waals surface area contributed by atoms with Gasteiger partial charge in [0.05, 0.1) is 0 Å². The van der Waals surface area contributed by atoms with Crippen LogP contribution in [0, 0.1) is 0 Å². The summed E-state index contributed by atoms with van der Waals surface area (Å²) < 4.78 is 0. The summed E-state index contributed by atoms with van der Waals surface area (Å²) in [5, 5.41) is 2.46. The molecule has 0 heterocycles. The van der Waals surface area contributed by atoms with E-state index in [-0.39, 0.29) is 0 Å². The molecule has 0 spiro atoms. The average molecular weight is 203 g/mol. The first kappa shape index (κ1) is 9.29. The molecule has 0 nitrogen and oxygen atoms in total. The molecule has 2 rings (SSSR count). The number of fused-ring (bicyclic) bond motifs is 1. The van der Waals surface area contributed by atoms with E-state index in [0.29, 0.717) is 5.88 Å². The summed E-state index contributed by atoms with van der Waals surface area (Å²) in [6.07, 6.45) is 1.85. The van der Waals surface area contributed by atoms with Crippen molar-refractivity contribution in [3.8, 4) is 0 Å². The van der Waals surface area contributed by atoms with Gasteiger partial charge in [-0.1, -0.05) is 36.9 Å². The van der Waals surface area contributed by atoms with Crippen LogP contribution in [0.4, 0.5) is 0 Å². The highest BCUT2D eigenvalue weighted by molar-refractivity contribution is 6.17. The van der Waals surface area contributed by atoms with Crippen LogP contribution in [-0.4, -0.2) is 0 Å². The van der Waals surface area contributed by atoms with Crippen molar-refractivity contribution in [1.29, 1.82) is 0 Å². The molecule has 0 aliphatic heterocycles. The quantitative estimate of drug-likeness (QED) is 0.640. The molecule has 2 aromatic rings. The molecule has 0 atom stereocenters. The van der Waals surface area contributed by atoms with Crippen molar-refractivity contribution in [1.82, 2.24) is 0 Å². The molecule has 0 bridgehead atoms. The van der Waals surface area contributed by atoms with Crippen molar-refractivity contribution < 1.29 is 0 Å². The van der Waals surface area contributed by atoms with E-state index < -0.39 is 0 Å². The largest absolute Gasteiger partial charge is 0.122 e. The highest BCUT2D eigenvalue weighted by Crippen LogP contribution is 2.22. The summed E-state index contributed by atoms with van der Waals surface area (Å²) in [6.45, 7) is 3.79. The minimum atomic E-state index is 0.534. The van der Waals surface area contributed by atoms with Crippen LogP contribution in [-0.2, 0) is 5.88 Å². The van der Waals surface area contributed by atoms with Crippen LogP contribution in [0.5, 0.6) is 0 Å². The molecule has 0 N–H and O–H groups in total. The van der Waals surface area contributed by atoms with Gasteiger partial charge in [0.15, 0.2) is 0 Å². The Bertz CT molecular complexity index is 472. The molecule has 0 amide bonds. The van der Waals surface area contributed by atoms with E-state index in [9.17, 15) is 0 Å². The van der Waals surface area contributed by atoms with E-state index in [1.165, 1.54) is 10.8 Å². The minimum Gasteiger partial charge on any atom is -0.122 e. The van der Waals surface area contributed by atoms with Gasteiger partial charge < -0.3 is 0 Å². The summed E-state index contributed by atoms with van der Waals surface area (Å²) in [6, 6.07) is 12.5. The maximum Gasteiger partial charge on any atom is 0.0480 e. The van der Waals surface area contributed by atoms with E-state index >= 15 is 0 Å². The first-order valence-electron chi connectivity index (χ1n) is 4.55. The molecule has 0 saturated carbocycles. The molecule has 70 valence electrons. The van der Waals surface area contributed by atoms with Gasteiger partial charge in [0.25, 0.3) is 0 Å². The Balaban J connectivity index is 2.75. The van der Waals surface area contributed by atoms with Crippen molar-refractivity contribution in [3.63, 3.8) is 0 Å². The first-order chi connectivity index (χ1) is 6.85. The lowest BCUT2D eigenvalue weighted by Crippen LogP contribution is -1.85. The summed E-state index contributed by atoms with van der Waals surface area (Å²) in [7, 11) is 0. The first-order valence-corrected chi connectivity index (χ1v) is 5.08. The fourth-order valence-electron chi connectivity index (χ4n) is 1.61. The molecule has 1 heteroatoms. The molecule has 0 radical (unpaired) electrons. The van der Waals surface area contributed by atoms with Gasteiger partial charge >= 0.3 is 0 Å². The van der Waals surface area contributed by atoms with Crippen LogP contribution in [0.3, 0.4) is 0 Å². The number of halogens is 1. The summed E-state index contributed by atoms with van der Waals surface area (Å²) in [5.41, 5.74) is 2.26. The second-order valence-electron chi connectivity index (χ2n) is 3.24. The monoisotopic (exact) mass is 202 g/mol. The van der Waals surface area contributed by atoms with Crippen LogP contribution in [0.25, 0.3) is 16.8 Å². The summed E-state index contributed by atoms with van der Waals surface area (Å²) in [4.78, 5) is 0. The maximum absolute atomic E-state index is 5.86. The molecule has 0 fully saturated rings. The Labute approximate surface area is 88.8 Å². The number of rotatable bonds is 2. The normalized spacial score (nSPS) is 10.4. The van der Waals surface area contributed by atoms with Gasteiger partial charge in [-0.25, -0.2) is 0 Å². The van der Waals surface area contributed by atoms with Gasteiger partial charge in [-0.3, -0.25) is 0 Å². The minimum absolute atomic E-state index is 0.534. The molecule has 2 aromatic carbocycles. The predicted octanol–water partition coefficient (Wildman–Crippen LogP) is 4.22. The predicted molar refractivity (Wildman–Crippen MR) is 63.6 cm³/mol. The SMILES string of the molecule is C=Cc1cc2ccccc2cc1CCl. The van der Waals surface area contributed by atoms with Gasteiger partial charge in [0, 0.05) is 5.88 Å². The lowest BCUT2D eigenvalue weighted by atomic mass is 10.0. The van der Waals surface area contributed by atoms with Crippen molar-refractivity contribution in [2.75, 3.05) is 0 Å². The third-order valence-electron chi connectivity index (χ3n) is 2.37. The smallest absolute Gasteiger partial charge is 0.0480 e. The number of hydrogen-bond donors (Lipinski definition) is 0. The average Bonchev–Trinajstić information content (AvgIpc) is 2.27. The molecule has 0 aliphatic carbocycles. The van der Waals surface area contributed by atoms with E-state index in [2.05, 4.69) is 30.8 Å². The lowest BCUT2D eigenvalue weighted by molar-refractivity contribution is 1.40. The van der Waals surface area contributed by atoms with Crippen molar-refractivity contribution in [2.45, 2.75) is 5.88 Å². The number of benzene rings is 2. The van der Waals surface area contributed by atoms with Crippen LogP contribution < -0.4 is 0 Å². The fraction of sp³-hybridized carbons (Fsp3) is 0.0769. The zero-order valence-electron chi connectivity index (χ0n) is 7.83. The molecular formula is C13H11Cl. The van der Waals surface area contributed by atoms with Crippen molar-refractivity contribution in [2.24, 2.45) is 0 Å². The van der Waals surface area contributed by atoms with Crippen LogP contribution in [0.1, 0.15) is 11.1 Å². The third-order valence-corrected chi connectivity index (χ3v) is 2.66. The zero-order valence-corrected chi connectivity index (χ0v) is 8.59. The van der Waals surface area contributed by atoms with E-state index in [0.717, 1.165) is 11.1 Å². The third kappa shape index (κ3) is 1.53. The van der Waals surface area contributed by atoms with Crippen LogP contribution in [0.15, 0.2) is 43.0 Å². The van der Waals surface area contributed by atoms with Gasteiger partial charge in [-0.2, -0.15) is 0 Å². The van der Waals surface area contributed by atoms with E-state index in [1.54, 1.807) is 0 Å². The Morgan fingerprint density at radius 1 is 1.14 bits per heavy atom. The van der Waals surface area contributed by atoms with E-state index in [1.807, 2.05) is 18.2 Å². The van der Waals surface area contributed by atoms with Crippen molar-refractivity contribution in [3.05, 3.63) is 54.1 Å². The molecule has 0 aliphatic rings. The Hall–Kier alpha value is -1.27. The zero-order chi connectivity index (χ0) is 9.97. The highest BCUT2D eigenvalue weighted by atomic mass is 35.5. The fourth-order valence-corrected chi connectivity index (χ4v) is 1.84. The topological polar surface area (TPSA) is 0 Å². The van der Waals surface area contributed by atoms with Gasteiger partial charge in [0.2, 0.25) is 0 Å². The van der Waals surface area contributed by atoms with Crippen LogP contribution >= 0.6 is 11.6 Å². The second kappa shape index (κ2) is 3.85. The molecular weight excluding hydrogens is 192 g/mol. The number of alkyl halides is 1. The Kier molecular flexibility index (Phi) is 2.55. The lowest BCUT2D eigenvalue weighted by Gasteiger charge is -2.05. The van der Waals surface area contributed by atoms with Gasteiger partial charge in [0.1, 0.15) is 0 Å². The molecule has 0 unspecified atom stereocenters. The second-order valence-corrected chi connectivity index (χ2v) is 3.50. The molecule has 0 saturated heterocycles. The van der Waals surface area contributed by atoms with E-state index in [4.69, 9.17) is 11.6 Å².